The molecule has 4 nitrogen and oxygen atoms in total. The molecule has 0 atom stereocenters. The number of hydrogen-bond acceptors (Lipinski definition) is 4. The molecular formula is C16H10ClN4S+. The van der Waals surface area contributed by atoms with E-state index >= 15 is 0 Å². The molecule has 106 valence electrons. The Kier molecular flexibility index (Phi) is 4.92. The van der Waals surface area contributed by atoms with Gasteiger partial charge in [-0.3, -0.25) is 5.73 Å². The Bertz CT molecular complexity index is 856. The third-order valence-electron chi connectivity index (χ3n) is 2.88. The molecule has 1 aromatic carbocycles. The van der Waals surface area contributed by atoms with Gasteiger partial charge in [0.05, 0.1) is 5.75 Å². The molecule has 1 aromatic heterocycles. The van der Waals surface area contributed by atoms with Crippen molar-refractivity contribution in [1.29, 1.82) is 10.5 Å². The van der Waals surface area contributed by atoms with E-state index in [1.54, 1.807) is 24.3 Å². The van der Waals surface area contributed by atoms with Crippen LogP contribution in [0.4, 0.5) is 5.82 Å². The van der Waals surface area contributed by atoms with Gasteiger partial charge < -0.3 is 0 Å². The van der Waals surface area contributed by atoms with Crippen LogP contribution in [0.2, 0.25) is 5.02 Å². The summed E-state index contributed by atoms with van der Waals surface area (Å²) in [5.41, 5.74) is 7.57. The fourth-order valence-corrected chi connectivity index (χ4v) is 2.89. The number of aromatic nitrogens is 1. The zero-order valence-corrected chi connectivity index (χ0v) is 12.9. The highest BCUT2D eigenvalue weighted by atomic mass is 35.5. The molecule has 0 radical (unpaired) electrons. The van der Waals surface area contributed by atoms with E-state index in [0.29, 0.717) is 32.5 Å². The van der Waals surface area contributed by atoms with Gasteiger partial charge in [-0.25, -0.2) is 4.98 Å². The fraction of sp³-hybridized carbons (Fsp3) is 0.0625. The number of nitrogens with zero attached hydrogens (tertiary/aromatic N) is 2. The highest BCUT2D eigenvalue weighted by Crippen LogP contribution is 2.34. The third kappa shape index (κ3) is 3.00. The molecule has 0 saturated carbocycles. The Hall–Kier alpha value is -2.65. The normalized spacial score (nSPS) is 9.55. The van der Waals surface area contributed by atoms with Crippen LogP contribution in [0.3, 0.4) is 0 Å². The standard InChI is InChI=1S/C16H9ClN4S/c1-2-6-22-16-13(9-19)14(12(8-18)15(20)21-16)10-4-3-5-11(17)7-10/h1,3-5,7H,6H2,(H2,20,21)/p+1. The minimum absolute atomic E-state index is 0.191. The van der Waals surface area contributed by atoms with Crippen LogP contribution in [0.25, 0.3) is 11.1 Å². The zero-order valence-electron chi connectivity index (χ0n) is 11.4. The van der Waals surface area contributed by atoms with Gasteiger partial charge in [0.15, 0.2) is 5.03 Å². The van der Waals surface area contributed by atoms with E-state index in [-0.39, 0.29) is 11.4 Å². The Morgan fingerprint density at radius 3 is 2.59 bits per heavy atom. The van der Waals surface area contributed by atoms with Crippen molar-refractivity contribution < 1.29 is 4.98 Å². The average molecular weight is 326 g/mol. The highest BCUT2D eigenvalue weighted by Gasteiger charge is 2.23. The maximum Gasteiger partial charge on any atom is 0.289 e. The van der Waals surface area contributed by atoms with Crippen LogP contribution in [0.1, 0.15) is 11.1 Å². The van der Waals surface area contributed by atoms with E-state index in [9.17, 15) is 10.5 Å². The second kappa shape index (κ2) is 6.87. The average Bonchev–Trinajstić information content (AvgIpc) is 2.52. The molecule has 0 fully saturated rings. The van der Waals surface area contributed by atoms with Crippen LogP contribution >= 0.6 is 23.4 Å². The van der Waals surface area contributed by atoms with Crippen LogP contribution < -0.4 is 10.7 Å². The number of nitrogens with two attached hydrogens (primary N) is 1. The number of terminal acetylenes is 1. The Labute approximate surface area is 137 Å². The lowest BCUT2D eigenvalue weighted by Crippen LogP contribution is -2.18. The van der Waals surface area contributed by atoms with Crippen molar-refractivity contribution >= 4 is 29.2 Å². The molecule has 22 heavy (non-hydrogen) atoms. The first-order valence-electron chi connectivity index (χ1n) is 6.13. The Balaban J connectivity index is 2.80. The number of thioether (sulfide) groups is 1. The summed E-state index contributed by atoms with van der Waals surface area (Å²) in [6, 6.07) is 11.1. The van der Waals surface area contributed by atoms with E-state index in [1.165, 1.54) is 11.8 Å². The van der Waals surface area contributed by atoms with Crippen molar-refractivity contribution in [2.24, 2.45) is 0 Å². The molecule has 3 N–H and O–H groups in total. The van der Waals surface area contributed by atoms with Crippen molar-refractivity contribution in [3.8, 4) is 35.6 Å². The van der Waals surface area contributed by atoms with Gasteiger partial charge in [0.25, 0.3) is 5.82 Å². The number of benzene rings is 1. The van der Waals surface area contributed by atoms with Gasteiger partial charge >= 0.3 is 0 Å². The lowest BCUT2D eigenvalue weighted by molar-refractivity contribution is -0.410. The van der Waals surface area contributed by atoms with Crippen LogP contribution in [-0.2, 0) is 0 Å². The number of pyridine rings is 1. The van der Waals surface area contributed by atoms with Crippen LogP contribution in [-0.4, -0.2) is 5.75 Å². The Morgan fingerprint density at radius 2 is 2.00 bits per heavy atom. The monoisotopic (exact) mass is 325 g/mol. The number of aromatic amines is 1. The van der Waals surface area contributed by atoms with Crippen molar-refractivity contribution in [2.75, 3.05) is 11.5 Å². The van der Waals surface area contributed by atoms with Crippen LogP contribution in [0.5, 0.6) is 0 Å². The quantitative estimate of drug-likeness (QED) is 0.694. The molecule has 0 aliphatic rings. The summed E-state index contributed by atoms with van der Waals surface area (Å²) in [6.45, 7) is 0. The molecule has 0 amide bonds. The van der Waals surface area contributed by atoms with Gasteiger partial charge in [-0.2, -0.15) is 10.5 Å². The predicted octanol–water partition coefficient (Wildman–Crippen LogP) is 2.87. The van der Waals surface area contributed by atoms with E-state index < -0.39 is 0 Å². The molecular weight excluding hydrogens is 316 g/mol. The smallest absolute Gasteiger partial charge is 0.286 e. The van der Waals surface area contributed by atoms with E-state index in [1.807, 2.05) is 6.07 Å². The van der Waals surface area contributed by atoms with Gasteiger partial charge in [-0.15, -0.1) is 6.42 Å². The third-order valence-corrected chi connectivity index (χ3v) is 4.02. The summed E-state index contributed by atoms with van der Waals surface area (Å²) in [5.74, 6) is 3.06. The molecule has 6 heteroatoms. The summed E-state index contributed by atoms with van der Waals surface area (Å²) >= 11 is 7.29. The van der Waals surface area contributed by atoms with Crippen molar-refractivity contribution in [2.45, 2.75) is 5.03 Å². The minimum Gasteiger partial charge on any atom is -0.286 e. The summed E-state index contributed by atoms with van der Waals surface area (Å²) < 4.78 is 0. The topological polar surface area (TPSA) is 87.7 Å². The first kappa shape index (κ1) is 15.7. The van der Waals surface area contributed by atoms with Gasteiger partial charge in [0, 0.05) is 10.6 Å². The SMILES string of the molecule is C#CCSc1[nH+]c(N)c(C#N)c(-c2cccc(Cl)c2)c1C#N. The second-order valence-electron chi connectivity index (χ2n) is 4.22. The molecule has 0 aliphatic heterocycles. The highest BCUT2D eigenvalue weighted by molar-refractivity contribution is 7.99. The van der Waals surface area contributed by atoms with Gasteiger partial charge in [0.2, 0.25) is 0 Å². The minimum atomic E-state index is 0.191. The maximum atomic E-state index is 9.52. The Morgan fingerprint density at radius 1 is 1.27 bits per heavy atom. The van der Waals surface area contributed by atoms with E-state index in [4.69, 9.17) is 23.8 Å². The molecule has 2 aromatic rings. The molecule has 1 heterocycles. The number of halogens is 1. The summed E-state index contributed by atoms with van der Waals surface area (Å²) in [5, 5.41) is 20.0. The van der Waals surface area contributed by atoms with Crippen molar-refractivity contribution in [1.82, 2.24) is 0 Å². The molecule has 0 unspecified atom stereocenters. The number of H-pyrrole nitrogens is 1. The van der Waals surface area contributed by atoms with Crippen LogP contribution in [0, 0.1) is 35.0 Å². The molecule has 2 rings (SSSR count). The zero-order chi connectivity index (χ0) is 16.1. The number of nitriles is 2. The number of rotatable bonds is 3. The molecule has 0 bridgehead atoms. The summed E-state index contributed by atoms with van der Waals surface area (Å²) in [6.07, 6.45) is 5.26. The van der Waals surface area contributed by atoms with E-state index in [0.717, 1.165) is 0 Å². The van der Waals surface area contributed by atoms with Gasteiger partial charge in [-0.05, 0) is 17.7 Å². The predicted molar refractivity (Wildman–Crippen MR) is 86.8 cm³/mol. The van der Waals surface area contributed by atoms with Crippen molar-refractivity contribution in [3.05, 3.63) is 40.4 Å². The lowest BCUT2D eigenvalue weighted by Gasteiger charge is -2.09. The first-order chi connectivity index (χ1) is 10.6. The van der Waals surface area contributed by atoms with Crippen molar-refractivity contribution in [3.63, 3.8) is 0 Å². The summed E-state index contributed by atoms with van der Waals surface area (Å²) in [4.78, 5) is 2.87. The molecule has 0 spiro atoms. The second-order valence-corrected chi connectivity index (χ2v) is 5.64. The largest absolute Gasteiger partial charge is 0.289 e. The van der Waals surface area contributed by atoms with Crippen LogP contribution in [0.15, 0.2) is 29.3 Å². The fourth-order valence-electron chi connectivity index (χ4n) is 2.00. The number of anilines is 1. The van der Waals surface area contributed by atoms with E-state index in [2.05, 4.69) is 17.0 Å². The van der Waals surface area contributed by atoms with Gasteiger partial charge in [0.1, 0.15) is 23.3 Å². The first-order valence-corrected chi connectivity index (χ1v) is 7.49. The lowest BCUT2D eigenvalue weighted by atomic mass is 9.97. The number of hydrogen-bond donors (Lipinski definition) is 1. The van der Waals surface area contributed by atoms with Gasteiger partial charge in [-0.1, -0.05) is 41.4 Å². The number of nitrogens with one attached hydrogen (secondary N) is 1. The summed E-state index contributed by atoms with van der Waals surface area (Å²) in [7, 11) is 0. The molecule has 0 saturated heterocycles. The maximum absolute atomic E-state index is 9.52. The number of nitrogen functional groups attached to an aromatic ring is 1. The molecule has 0 aliphatic carbocycles.